The van der Waals surface area contributed by atoms with E-state index in [2.05, 4.69) is 19.2 Å². The highest BCUT2D eigenvalue weighted by atomic mass is 16.5. The maximum absolute atomic E-state index is 11.8. The highest BCUT2D eigenvalue weighted by Crippen LogP contribution is 2.17. The topological polar surface area (TPSA) is 41.6 Å². The van der Waals surface area contributed by atoms with Crippen LogP contribution in [0.15, 0.2) is 0 Å². The first kappa shape index (κ1) is 13.5. The molecule has 4 nitrogen and oxygen atoms in total. The predicted octanol–water partition coefficient (Wildman–Crippen LogP) is 0.869. The van der Waals surface area contributed by atoms with E-state index in [1.165, 1.54) is 0 Å². The Morgan fingerprint density at radius 2 is 2.06 bits per heavy atom. The zero-order valence-corrected chi connectivity index (χ0v) is 10.7. The number of carbonyl (C=O) groups excluding carboxylic acids is 1. The van der Waals surface area contributed by atoms with Gasteiger partial charge in [-0.1, -0.05) is 13.8 Å². The van der Waals surface area contributed by atoms with E-state index in [-0.39, 0.29) is 5.91 Å². The van der Waals surface area contributed by atoms with Crippen molar-refractivity contribution >= 4 is 5.91 Å². The molecule has 0 unspecified atom stereocenters. The Morgan fingerprint density at radius 3 is 2.56 bits per heavy atom. The summed E-state index contributed by atoms with van der Waals surface area (Å²) in [6, 6.07) is 0.370. The summed E-state index contributed by atoms with van der Waals surface area (Å²) in [6.07, 6.45) is 2.14. The number of methoxy groups -OCH3 is 1. The lowest BCUT2D eigenvalue weighted by molar-refractivity contribution is -0.132. The molecule has 0 aromatic heterocycles. The molecular weight excluding hydrogens is 204 g/mol. The van der Waals surface area contributed by atoms with Crippen LogP contribution < -0.4 is 5.32 Å². The summed E-state index contributed by atoms with van der Waals surface area (Å²) in [4.78, 5) is 13.8. The molecule has 1 aliphatic heterocycles. The molecule has 0 aromatic carbocycles. The molecule has 1 fully saturated rings. The highest BCUT2D eigenvalue weighted by Gasteiger charge is 2.22. The van der Waals surface area contributed by atoms with Crippen LogP contribution in [-0.4, -0.2) is 50.2 Å². The number of amides is 1. The number of piperidine rings is 1. The first-order valence-electron chi connectivity index (χ1n) is 6.13. The minimum absolute atomic E-state index is 0.226. The van der Waals surface area contributed by atoms with Crippen molar-refractivity contribution in [3.63, 3.8) is 0 Å². The second-order valence-corrected chi connectivity index (χ2v) is 4.82. The maximum Gasteiger partial charge on any atom is 0.236 e. The second kappa shape index (κ2) is 6.86. The van der Waals surface area contributed by atoms with Gasteiger partial charge in [0.1, 0.15) is 0 Å². The van der Waals surface area contributed by atoms with Crippen molar-refractivity contribution in [3.05, 3.63) is 0 Å². The normalized spacial score (nSPS) is 18.1. The quantitative estimate of drug-likeness (QED) is 0.759. The van der Waals surface area contributed by atoms with Gasteiger partial charge in [-0.05, 0) is 18.8 Å². The van der Waals surface area contributed by atoms with Crippen molar-refractivity contribution in [3.8, 4) is 0 Å². The van der Waals surface area contributed by atoms with Crippen LogP contribution in [0.5, 0.6) is 0 Å². The standard InChI is InChI=1S/C12H24N2O2/c1-10(2)13-8-12(15)14-6-4-11(5-7-14)9-16-3/h10-11,13H,4-9H2,1-3H3. The van der Waals surface area contributed by atoms with Crippen LogP contribution in [0.3, 0.4) is 0 Å². The van der Waals surface area contributed by atoms with Gasteiger partial charge in [0, 0.05) is 32.8 Å². The van der Waals surface area contributed by atoms with E-state index in [1.54, 1.807) is 7.11 Å². The summed E-state index contributed by atoms with van der Waals surface area (Å²) >= 11 is 0. The number of nitrogens with zero attached hydrogens (tertiary/aromatic N) is 1. The summed E-state index contributed by atoms with van der Waals surface area (Å²) in [5, 5.41) is 3.16. The Balaban J connectivity index is 2.22. The summed E-state index contributed by atoms with van der Waals surface area (Å²) in [5.74, 6) is 0.858. The third kappa shape index (κ3) is 4.49. The van der Waals surface area contributed by atoms with E-state index in [0.29, 0.717) is 18.5 Å². The molecule has 94 valence electrons. The van der Waals surface area contributed by atoms with Crippen LogP contribution in [0.1, 0.15) is 26.7 Å². The Morgan fingerprint density at radius 1 is 1.44 bits per heavy atom. The Kier molecular flexibility index (Phi) is 5.77. The lowest BCUT2D eigenvalue weighted by Gasteiger charge is -2.32. The first-order chi connectivity index (χ1) is 7.63. The average molecular weight is 228 g/mol. The van der Waals surface area contributed by atoms with Gasteiger partial charge in [-0.2, -0.15) is 0 Å². The minimum atomic E-state index is 0.226. The molecular formula is C12H24N2O2. The van der Waals surface area contributed by atoms with E-state index in [9.17, 15) is 4.79 Å². The van der Waals surface area contributed by atoms with Gasteiger partial charge in [-0.25, -0.2) is 0 Å². The molecule has 0 aromatic rings. The molecule has 0 aliphatic carbocycles. The van der Waals surface area contributed by atoms with E-state index >= 15 is 0 Å². The van der Waals surface area contributed by atoms with Crippen LogP contribution in [0.25, 0.3) is 0 Å². The Labute approximate surface area is 98.3 Å². The van der Waals surface area contributed by atoms with Gasteiger partial charge in [-0.15, -0.1) is 0 Å². The zero-order valence-electron chi connectivity index (χ0n) is 10.7. The Bertz CT molecular complexity index is 211. The van der Waals surface area contributed by atoms with Crippen LogP contribution in [0, 0.1) is 5.92 Å². The third-order valence-corrected chi connectivity index (χ3v) is 3.03. The molecule has 1 amide bonds. The van der Waals surface area contributed by atoms with Crippen LogP contribution in [-0.2, 0) is 9.53 Å². The molecule has 1 rings (SSSR count). The molecule has 16 heavy (non-hydrogen) atoms. The third-order valence-electron chi connectivity index (χ3n) is 3.03. The fourth-order valence-corrected chi connectivity index (χ4v) is 1.99. The number of hydrogen-bond donors (Lipinski definition) is 1. The predicted molar refractivity (Wildman–Crippen MR) is 64.3 cm³/mol. The van der Waals surface area contributed by atoms with Crippen molar-refractivity contribution in [2.75, 3.05) is 33.4 Å². The number of hydrogen-bond acceptors (Lipinski definition) is 3. The molecule has 1 N–H and O–H groups in total. The molecule has 1 heterocycles. The number of ether oxygens (including phenoxy) is 1. The molecule has 0 radical (unpaired) electrons. The van der Waals surface area contributed by atoms with Crippen LogP contribution in [0.4, 0.5) is 0 Å². The van der Waals surface area contributed by atoms with Gasteiger partial charge in [0.05, 0.1) is 6.54 Å². The van der Waals surface area contributed by atoms with E-state index in [0.717, 1.165) is 32.5 Å². The lowest BCUT2D eigenvalue weighted by Crippen LogP contribution is -2.44. The summed E-state index contributed by atoms with van der Waals surface area (Å²) in [7, 11) is 1.74. The molecule has 4 heteroatoms. The van der Waals surface area contributed by atoms with E-state index in [4.69, 9.17) is 4.74 Å². The molecule has 0 saturated carbocycles. The maximum atomic E-state index is 11.8. The number of carbonyl (C=O) groups is 1. The number of rotatable bonds is 5. The van der Waals surface area contributed by atoms with Gasteiger partial charge in [0.25, 0.3) is 0 Å². The van der Waals surface area contributed by atoms with Crippen LogP contribution in [0.2, 0.25) is 0 Å². The second-order valence-electron chi connectivity index (χ2n) is 4.82. The fourth-order valence-electron chi connectivity index (χ4n) is 1.99. The fraction of sp³-hybridized carbons (Fsp3) is 0.917. The first-order valence-corrected chi connectivity index (χ1v) is 6.13. The number of nitrogens with one attached hydrogen (secondary N) is 1. The van der Waals surface area contributed by atoms with Crippen molar-refractivity contribution in [1.29, 1.82) is 0 Å². The van der Waals surface area contributed by atoms with Gasteiger partial charge in [-0.3, -0.25) is 4.79 Å². The van der Waals surface area contributed by atoms with Gasteiger partial charge < -0.3 is 15.0 Å². The van der Waals surface area contributed by atoms with Crippen molar-refractivity contribution in [2.24, 2.45) is 5.92 Å². The number of likely N-dealkylation sites (tertiary alicyclic amines) is 1. The average Bonchev–Trinajstić information content (AvgIpc) is 2.27. The minimum Gasteiger partial charge on any atom is -0.384 e. The van der Waals surface area contributed by atoms with E-state index < -0.39 is 0 Å². The molecule has 1 saturated heterocycles. The van der Waals surface area contributed by atoms with Gasteiger partial charge >= 0.3 is 0 Å². The molecule has 0 atom stereocenters. The van der Waals surface area contributed by atoms with Gasteiger partial charge in [0.2, 0.25) is 5.91 Å². The zero-order chi connectivity index (χ0) is 12.0. The van der Waals surface area contributed by atoms with Crippen molar-refractivity contribution in [2.45, 2.75) is 32.7 Å². The SMILES string of the molecule is COCC1CCN(C(=O)CNC(C)C)CC1. The smallest absolute Gasteiger partial charge is 0.236 e. The van der Waals surface area contributed by atoms with E-state index in [1.807, 2.05) is 4.90 Å². The molecule has 1 aliphatic rings. The van der Waals surface area contributed by atoms with Crippen molar-refractivity contribution < 1.29 is 9.53 Å². The monoisotopic (exact) mass is 228 g/mol. The Hall–Kier alpha value is -0.610. The van der Waals surface area contributed by atoms with Gasteiger partial charge in [0.15, 0.2) is 0 Å². The molecule has 0 bridgehead atoms. The molecule has 0 spiro atoms. The van der Waals surface area contributed by atoms with Crippen molar-refractivity contribution in [1.82, 2.24) is 10.2 Å². The summed E-state index contributed by atoms with van der Waals surface area (Å²) in [6.45, 7) is 7.16. The van der Waals surface area contributed by atoms with Crippen LogP contribution >= 0.6 is 0 Å². The summed E-state index contributed by atoms with van der Waals surface area (Å²) < 4.78 is 5.14. The highest BCUT2D eigenvalue weighted by molar-refractivity contribution is 5.78. The summed E-state index contributed by atoms with van der Waals surface area (Å²) in [5.41, 5.74) is 0. The lowest BCUT2D eigenvalue weighted by atomic mass is 9.98. The largest absolute Gasteiger partial charge is 0.384 e.